The van der Waals surface area contributed by atoms with Crippen LogP contribution in [0.1, 0.15) is 39.3 Å². The number of amides is 2. The highest BCUT2D eigenvalue weighted by atomic mass is 32.2. The number of fused-ring (bicyclic) bond motifs is 1. The van der Waals surface area contributed by atoms with Crippen molar-refractivity contribution >= 4 is 75.1 Å². The molecule has 27 nitrogen and oxygen atoms in total. The molecule has 0 aliphatic carbocycles. The Labute approximate surface area is 326 Å². The fourth-order valence-electron chi connectivity index (χ4n) is 4.79. The predicted molar refractivity (Wildman–Crippen MR) is 192 cm³/mol. The van der Waals surface area contributed by atoms with E-state index in [2.05, 4.69) is 34.4 Å². The van der Waals surface area contributed by atoms with E-state index in [1.165, 1.54) is 13.8 Å². The predicted octanol–water partition coefficient (Wildman–Crippen LogP) is -2.14. The number of aliphatic hydroxyl groups is 2. The molecule has 1 fully saturated rings. The first-order valence-corrected chi connectivity index (χ1v) is 21.9. The number of aromatic nitrogens is 4. The summed E-state index contributed by atoms with van der Waals surface area (Å²) in [6, 6.07) is -0.973. The third-order valence-corrected chi connectivity index (χ3v) is 11.8. The van der Waals surface area contributed by atoms with Crippen LogP contribution in [-0.4, -0.2) is 140 Å². The van der Waals surface area contributed by atoms with Gasteiger partial charge in [0.2, 0.25) is 16.9 Å². The number of carbonyl (C=O) groups excluding carboxylic acids is 3. The SMILES string of the molecule is CC(C)(COP(=O)(O)OP(=O)(O)OCC1OC(n2cnc3c(N)ncnc32)C(O)C1OP(=O)(O)O)C(O)C(=O)NCCC(=O)NCCSC(=O)[C@@H](N)CCC(=O)O. The van der Waals surface area contributed by atoms with E-state index in [1.807, 2.05) is 0 Å². The fraction of sp³-hybridized carbons (Fsp3) is 0.654. The molecule has 1 aliphatic rings. The van der Waals surface area contributed by atoms with Gasteiger partial charge < -0.3 is 61.7 Å². The number of aliphatic hydroxyl groups excluding tert-OH is 2. The standard InChI is InChI=1S/C26H43N8O19P3S/c1-26(2,20(39)23(40)30-6-5-15(35)29-7-8-57-25(41)13(27)3-4-16(36)37)10-50-56(47,48)53-55(45,46)49-9-14-19(52-54(42,43)44)18(38)24(51-14)34-12-33-17-21(28)31-11-32-22(17)34/h11-14,18-20,24,38-39H,3-10,27H2,1-2H3,(H,29,35)(H,30,40)(H,36,37)(H,45,46)(H,47,48)(H2,28,31,32)(H2,42,43,44)/t13-,14?,18?,19?,20?,24?/m0/s1. The Morgan fingerprint density at radius 2 is 1.70 bits per heavy atom. The monoisotopic (exact) mass is 896 g/mol. The van der Waals surface area contributed by atoms with Gasteiger partial charge in [-0.3, -0.25) is 37.3 Å². The van der Waals surface area contributed by atoms with Crippen molar-refractivity contribution in [3.63, 3.8) is 0 Å². The molecule has 322 valence electrons. The summed E-state index contributed by atoms with van der Waals surface area (Å²) in [7, 11) is -16.5. The Kier molecular flexibility index (Phi) is 17.2. The number of hydrogen-bond donors (Lipinski definition) is 11. The summed E-state index contributed by atoms with van der Waals surface area (Å²) in [5, 5.41) is 34.4. The molecular weight excluding hydrogens is 853 g/mol. The van der Waals surface area contributed by atoms with Crippen molar-refractivity contribution in [2.45, 2.75) is 69.8 Å². The molecule has 1 aliphatic heterocycles. The average molecular weight is 897 g/mol. The van der Waals surface area contributed by atoms with Gasteiger partial charge in [-0.1, -0.05) is 25.6 Å². The minimum absolute atomic E-state index is 0.0176. The van der Waals surface area contributed by atoms with Gasteiger partial charge in [0.15, 0.2) is 17.7 Å². The van der Waals surface area contributed by atoms with Gasteiger partial charge in [0, 0.05) is 37.1 Å². The van der Waals surface area contributed by atoms with Gasteiger partial charge >= 0.3 is 29.4 Å². The van der Waals surface area contributed by atoms with Crippen molar-refractivity contribution in [2.75, 3.05) is 37.8 Å². The van der Waals surface area contributed by atoms with Crippen molar-refractivity contribution in [3.05, 3.63) is 12.7 Å². The number of thioether (sulfide) groups is 1. The molecule has 7 unspecified atom stereocenters. The van der Waals surface area contributed by atoms with Gasteiger partial charge in [0.05, 0.1) is 25.6 Å². The second-order valence-corrected chi connectivity index (χ2v) is 18.1. The average Bonchev–Trinajstić information content (AvgIpc) is 3.66. The van der Waals surface area contributed by atoms with E-state index in [4.69, 9.17) is 30.4 Å². The fourth-order valence-corrected chi connectivity index (χ4v) is 8.35. The van der Waals surface area contributed by atoms with E-state index in [-0.39, 0.29) is 55.1 Å². The van der Waals surface area contributed by atoms with Crippen LogP contribution in [0.25, 0.3) is 11.2 Å². The second kappa shape index (κ2) is 20.3. The summed E-state index contributed by atoms with van der Waals surface area (Å²) in [6.45, 7) is 0.155. The quantitative estimate of drug-likeness (QED) is 0.0419. The number of phosphoric acid groups is 3. The Morgan fingerprint density at radius 3 is 2.35 bits per heavy atom. The lowest BCUT2D eigenvalue weighted by molar-refractivity contribution is -0.138. The maximum absolute atomic E-state index is 12.7. The summed E-state index contributed by atoms with van der Waals surface area (Å²) in [6.07, 6.45) is -7.43. The summed E-state index contributed by atoms with van der Waals surface area (Å²) in [5.74, 6) is -2.56. The lowest BCUT2D eigenvalue weighted by Crippen LogP contribution is -2.46. The van der Waals surface area contributed by atoms with Crippen LogP contribution in [0.4, 0.5) is 5.82 Å². The van der Waals surface area contributed by atoms with E-state index < -0.39 is 102 Å². The number of carboxylic acid groups (broad SMARTS) is 1. The van der Waals surface area contributed by atoms with Crippen molar-refractivity contribution < 1.29 is 90.4 Å². The van der Waals surface area contributed by atoms with Gasteiger partial charge in [0.25, 0.3) is 0 Å². The molecule has 0 spiro atoms. The van der Waals surface area contributed by atoms with Gasteiger partial charge in [-0.05, 0) is 6.42 Å². The Bertz CT molecular complexity index is 1900. The molecule has 13 N–H and O–H groups in total. The van der Waals surface area contributed by atoms with Crippen molar-refractivity contribution in [1.82, 2.24) is 30.2 Å². The lowest BCUT2D eigenvalue weighted by atomic mass is 9.87. The van der Waals surface area contributed by atoms with Gasteiger partial charge in [0.1, 0.15) is 36.3 Å². The van der Waals surface area contributed by atoms with Gasteiger partial charge in [-0.15, -0.1) is 0 Å². The highest BCUT2D eigenvalue weighted by Gasteiger charge is 2.50. The number of aliphatic carboxylic acids is 1. The van der Waals surface area contributed by atoms with Crippen LogP contribution in [0, 0.1) is 5.41 Å². The highest BCUT2D eigenvalue weighted by Crippen LogP contribution is 2.61. The molecule has 8 atom stereocenters. The van der Waals surface area contributed by atoms with Gasteiger partial charge in [-0.2, -0.15) is 4.31 Å². The van der Waals surface area contributed by atoms with E-state index in [0.717, 1.165) is 29.0 Å². The molecule has 0 radical (unpaired) electrons. The minimum atomic E-state index is -5.59. The largest absolute Gasteiger partial charge is 0.481 e. The molecule has 1 saturated heterocycles. The smallest absolute Gasteiger partial charge is 0.481 e. The lowest BCUT2D eigenvalue weighted by Gasteiger charge is -2.30. The third-order valence-electron chi connectivity index (χ3n) is 7.72. The molecule has 2 aromatic heterocycles. The molecule has 0 bridgehead atoms. The first-order valence-electron chi connectivity index (χ1n) is 16.4. The van der Waals surface area contributed by atoms with Crippen LogP contribution in [0.2, 0.25) is 0 Å². The van der Waals surface area contributed by atoms with E-state index >= 15 is 0 Å². The van der Waals surface area contributed by atoms with Crippen molar-refractivity contribution in [3.8, 4) is 0 Å². The van der Waals surface area contributed by atoms with Crippen LogP contribution in [0.15, 0.2) is 12.7 Å². The topological polar surface area (TPSA) is 427 Å². The van der Waals surface area contributed by atoms with E-state index in [1.54, 1.807) is 0 Å². The number of carboxylic acids is 1. The van der Waals surface area contributed by atoms with Crippen molar-refractivity contribution in [1.29, 1.82) is 0 Å². The maximum atomic E-state index is 12.7. The van der Waals surface area contributed by atoms with E-state index in [0.29, 0.717) is 0 Å². The molecule has 3 heterocycles. The summed E-state index contributed by atoms with van der Waals surface area (Å²) >= 11 is 0.812. The first-order chi connectivity index (χ1) is 26.3. The maximum Gasteiger partial charge on any atom is 0.481 e. The van der Waals surface area contributed by atoms with E-state index in [9.17, 15) is 62.7 Å². The number of hydrogen-bond acceptors (Lipinski definition) is 20. The van der Waals surface area contributed by atoms with Crippen LogP contribution in [0.3, 0.4) is 0 Å². The summed E-state index contributed by atoms with van der Waals surface area (Å²) in [5.41, 5.74) is 9.80. The normalized spacial score (nSPS) is 22.0. The zero-order valence-corrected chi connectivity index (χ0v) is 33.5. The number of carbonyl (C=O) groups is 4. The van der Waals surface area contributed by atoms with Gasteiger partial charge in [-0.25, -0.2) is 28.6 Å². The molecule has 2 aromatic rings. The minimum Gasteiger partial charge on any atom is -0.481 e. The number of ether oxygens (including phenoxy) is 1. The Hall–Kier alpha value is -3.01. The molecule has 2 amide bonds. The summed E-state index contributed by atoms with van der Waals surface area (Å²) in [4.78, 5) is 98.0. The van der Waals surface area contributed by atoms with Crippen LogP contribution in [0.5, 0.6) is 0 Å². The number of phosphoric ester groups is 3. The number of nitrogens with one attached hydrogen (secondary N) is 2. The second-order valence-electron chi connectivity index (χ2n) is 12.8. The number of rotatable bonds is 23. The number of anilines is 1. The highest BCUT2D eigenvalue weighted by molar-refractivity contribution is 8.13. The number of nitrogen functional groups attached to an aromatic ring is 1. The van der Waals surface area contributed by atoms with Crippen molar-refractivity contribution in [2.24, 2.45) is 11.1 Å². The Balaban J connectivity index is 1.47. The zero-order chi connectivity index (χ0) is 42.9. The van der Waals surface area contributed by atoms with Crippen LogP contribution >= 0.6 is 35.2 Å². The molecule has 3 rings (SSSR count). The number of nitrogens with two attached hydrogens (primary N) is 2. The van der Waals surface area contributed by atoms with Crippen LogP contribution < -0.4 is 22.1 Å². The van der Waals surface area contributed by atoms with Crippen LogP contribution in [-0.2, 0) is 55.5 Å². The number of nitrogens with zero attached hydrogens (tertiary/aromatic N) is 4. The molecular formula is C26H43N8O19P3S. The number of imidazole rings is 1. The third kappa shape index (κ3) is 15.0. The zero-order valence-electron chi connectivity index (χ0n) is 30.0. The molecule has 31 heteroatoms. The molecule has 0 saturated carbocycles. The summed E-state index contributed by atoms with van der Waals surface area (Å²) < 4.78 is 62.0. The first kappa shape index (κ1) is 48.4. The Morgan fingerprint density at radius 1 is 1.04 bits per heavy atom. The molecule has 0 aromatic carbocycles. The molecule has 57 heavy (non-hydrogen) atoms.